The topological polar surface area (TPSA) is 47.6 Å². The summed E-state index contributed by atoms with van der Waals surface area (Å²) in [6.45, 7) is 0. The van der Waals surface area contributed by atoms with Gasteiger partial charge in [0.15, 0.2) is 0 Å². The Morgan fingerprint density at radius 2 is 1.80 bits per heavy atom. The molecule has 1 aromatic rings. The van der Waals surface area contributed by atoms with E-state index in [9.17, 15) is 4.79 Å². The van der Waals surface area contributed by atoms with E-state index in [-0.39, 0.29) is 11.8 Å². The fourth-order valence-electron chi connectivity index (χ4n) is 1.07. The summed E-state index contributed by atoms with van der Waals surface area (Å²) in [6, 6.07) is 5.09. The molecule has 0 aromatic heterocycles. The third-order valence-electron chi connectivity index (χ3n) is 1.76. The molecule has 4 nitrogen and oxygen atoms in total. The van der Waals surface area contributed by atoms with E-state index in [1.54, 1.807) is 32.4 Å². The van der Waals surface area contributed by atoms with Gasteiger partial charge in [-0.05, 0) is 0 Å². The predicted molar refractivity (Wildman–Crippen MR) is 58.9 cm³/mol. The Morgan fingerprint density at radius 1 is 1.27 bits per heavy atom. The molecule has 0 aliphatic heterocycles. The number of alkyl halides is 1. The van der Waals surface area contributed by atoms with Gasteiger partial charge in [-0.1, -0.05) is 0 Å². The summed E-state index contributed by atoms with van der Waals surface area (Å²) in [6.07, 6.45) is 0. The van der Waals surface area contributed by atoms with Crippen molar-refractivity contribution in [2.45, 2.75) is 0 Å². The molecule has 0 unspecified atom stereocenters. The summed E-state index contributed by atoms with van der Waals surface area (Å²) < 4.78 is 10.1. The van der Waals surface area contributed by atoms with Crippen molar-refractivity contribution >= 4 is 23.2 Å². The van der Waals surface area contributed by atoms with Gasteiger partial charge in [-0.3, -0.25) is 4.79 Å². The van der Waals surface area contributed by atoms with Gasteiger partial charge < -0.3 is 14.8 Å². The van der Waals surface area contributed by atoms with E-state index in [0.717, 1.165) is 0 Å². The van der Waals surface area contributed by atoms with Crippen LogP contribution in [0.2, 0.25) is 0 Å². The maximum atomic E-state index is 11.1. The minimum atomic E-state index is -0.271. The van der Waals surface area contributed by atoms with Crippen LogP contribution in [-0.2, 0) is 4.79 Å². The lowest BCUT2D eigenvalue weighted by Gasteiger charge is -2.08. The van der Waals surface area contributed by atoms with Crippen LogP contribution < -0.4 is 14.8 Å². The largest absolute Gasteiger partial charge is 0.497 e. The van der Waals surface area contributed by atoms with Crippen molar-refractivity contribution in [1.29, 1.82) is 0 Å². The zero-order chi connectivity index (χ0) is 11.3. The molecule has 1 amide bonds. The molecule has 0 atom stereocenters. The number of rotatable bonds is 4. The fraction of sp³-hybridized carbons (Fsp3) is 0.300. The first kappa shape index (κ1) is 11.7. The smallest absolute Gasteiger partial charge is 0.239 e. The van der Waals surface area contributed by atoms with Crippen molar-refractivity contribution in [2.75, 3.05) is 25.4 Å². The van der Waals surface area contributed by atoms with Crippen LogP contribution in [0.4, 0.5) is 5.69 Å². The molecule has 0 heterocycles. The van der Waals surface area contributed by atoms with Crippen LogP contribution in [0.15, 0.2) is 18.2 Å². The molecule has 1 N–H and O–H groups in total. The molecular formula is C10H12ClNO3. The first-order valence-corrected chi connectivity index (χ1v) is 4.82. The third-order valence-corrected chi connectivity index (χ3v) is 2.00. The number of amides is 1. The average Bonchev–Trinajstić information content (AvgIpc) is 2.28. The molecule has 0 fully saturated rings. The Labute approximate surface area is 93.1 Å². The van der Waals surface area contributed by atoms with Crippen LogP contribution >= 0.6 is 11.6 Å². The SMILES string of the molecule is COc1cc(NC(=O)CCl)cc(OC)c1. The number of methoxy groups -OCH3 is 2. The fourth-order valence-corrected chi connectivity index (χ4v) is 1.14. The van der Waals surface area contributed by atoms with Gasteiger partial charge in [-0.25, -0.2) is 0 Å². The number of carbonyl (C=O) groups excluding carboxylic acids is 1. The first-order valence-electron chi connectivity index (χ1n) is 4.28. The second-order valence-electron chi connectivity index (χ2n) is 2.78. The van der Waals surface area contributed by atoms with Crippen LogP contribution in [0.1, 0.15) is 0 Å². The van der Waals surface area contributed by atoms with Crippen LogP contribution in [0.5, 0.6) is 11.5 Å². The van der Waals surface area contributed by atoms with Crippen molar-refractivity contribution in [3.63, 3.8) is 0 Å². The number of halogens is 1. The van der Waals surface area contributed by atoms with Crippen LogP contribution in [-0.4, -0.2) is 26.0 Å². The van der Waals surface area contributed by atoms with Gasteiger partial charge >= 0.3 is 0 Å². The van der Waals surface area contributed by atoms with E-state index in [4.69, 9.17) is 21.1 Å². The molecule has 1 rings (SSSR count). The molecule has 0 bridgehead atoms. The van der Waals surface area contributed by atoms with E-state index < -0.39 is 0 Å². The van der Waals surface area contributed by atoms with Gasteiger partial charge in [-0.2, -0.15) is 0 Å². The van der Waals surface area contributed by atoms with Crippen molar-refractivity contribution in [3.05, 3.63) is 18.2 Å². The van der Waals surface area contributed by atoms with Crippen LogP contribution in [0.3, 0.4) is 0 Å². The molecule has 1 aromatic carbocycles. The zero-order valence-electron chi connectivity index (χ0n) is 8.54. The lowest BCUT2D eigenvalue weighted by Crippen LogP contribution is -2.12. The maximum absolute atomic E-state index is 11.1. The summed E-state index contributed by atoms with van der Waals surface area (Å²) in [5, 5.41) is 2.61. The lowest BCUT2D eigenvalue weighted by atomic mass is 10.2. The number of ether oxygens (including phenoxy) is 2. The van der Waals surface area contributed by atoms with Crippen molar-refractivity contribution in [2.24, 2.45) is 0 Å². The molecule has 5 heteroatoms. The van der Waals surface area contributed by atoms with E-state index in [1.807, 2.05) is 0 Å². The van der Waals surface area contributed by atoms with Gasteiger partial charge in [-0.15, -0.1) is 11.6 Å². The summed E-state index contributed by atoms with van der Waals surface area (Å²) >= 11 is 5.37. The molecule has 0 saturated heterocycles. The first-order chi connectivity index (χ1) is 7.19. The minimum absolute atomic E-state index is 0.0838. The standard InChI is InChI=1S/C10H12ClNO3/c1-14-8-3-7(12-10(13)6-11)4-9(5-8)15-2/h3-5H,6H2,1-2H3,(H,12,13). The molecule has 0 spiro atoms. The quantitative estimate of drug-likeness (QED) is 0.802. The van der Waals surface area contributed by atoms with Gasteiger partial charge in [0.2, 0.25) is 5.91 Å². The van der Waals surface area contributed by atoms with E-state index in [2.05, 4.69) is 5.32 Å². The number of benzene rings is 1. The number of anilines is 1. The highest BCUT2D eigenvalue weighted by Crippen LogP contribution is 2.25. The van der Waals surface area contributed by atoms with Gasteiger partial charge in [0, 0.05) is 23.9 Å². The molecule has 0 radical (unpaired) electrons. The Hall–Kier alpha value is -1.42. The van der Waals surface area contributed by atoms with Gasteiger partial charge in [0.05, 0.1) is 14.2 Å². The number of hydrogen-bond donors (Lipinski definition) is 1. The van der Waals surface area contributed by atoms with Crippen molar-refractivity contribution in [3.8, 4) is 11.5 Å². The number of hydrogen-bond acceptors (Lipinski definition) is 3. The normalized spacial score (nSPS) is 9.53. The van der Waals surface area contributed by atoms with Gasteiger partial charge in [0.1, 0.15) is 17.4 Å². The highest BCUT2D eigenvalue weighted by Gasteiger charge is 2.04. The van der Waals surface area contributed by atoms with Crippen molar-refractivity contribution in [1.82, 2.24) is 0 Å². The third kappa shape index (κ3) is 3.32. The summed E-state index contributed by atoms with van der Waals surface area (Å²) in [5.74, 6) is 0.866. The highest BCUT2D eigenvalue weighted by molar-refractivity contribution is 6.29. The summed E-state index contributed by atoms with van der Waals surface area (Å²) in [7, 11) is 3.09. The summed E-state index contributed by atoms with van der Waals surface area (Å²) in [4.78, 5) is 11.1. The second-order valence-corrected chi connectivity index (χ2v) is 3.05. The Kier molecular flexibility index (Phi) is 4.24. The molecule has 15 heavy (non-hydrogen) atoms. The van der Waals surface area contributed by atoms with E-state index in [1.165, 1.54) is 0 Å². The molecular weight excluding hydrogens is 218 g/mol. The Morgan fingerprint density at radius 3 is 2.20 bits per heavy atom. The second kappa shape index (κ2) is 5.46. The monoisotopic (exact) mass is 229 g/mol. The van der Waals surface area contributed by atoms with E-state index in [0.29, 0.717) is 17.2 Å². The van der Waals surface area contributed by atoms with E-state index >= 15 is 0 Å². The maximum Gasteiger partial charge on any atom is 0.239 e. The number of nitrogens with one attached hydrogen (secondary N) is 1. The Bertz CT molecular complexity index is 332. The van der Waals surface area contributed by atoms with Gasteiger partial charge in [0.25, 0.3) is 0 Å². The highest BCUT2D eigenvalue weighted by atomic mass is 35.5. The molecule has 0 aliphatic carbocycles. The number of carbonyl (C=O) groups is 1. The zero-order valence-corrected chi connectivity index (χ0v) is 9.30. The van der Waals surface area contributed by atoms with Crippen molar-refractivity contribution < 1.29 is 14.3 Å². The van der Waals surface area contributed by atoms with Crippen LogP contribution in [0, 0.1) is 0 Å². The summed E-state index contributed by atoms with van der Waals surface area (Å²) in [5.41, 5.74) is 0.594. The Balaban J connectivity index is 2.91. The average molecular weight is 230 g/mol. The molecule has 0 aliphatic rings. The molecule has 82 valence electrons. The minimum Gasteiger partial charge on any atom is -0.497 e. The molecule has 0 saturated carbocycles. The predicted octanol–water partition coefficient (Wildman–Crippen LogP) is 1.88. The lowest BCUT2D eigenvalue weighted by molar-refractivity contribution is -0.113. The van der Waals surface area contributed by atoms with Crippen LogP contribution in [0.25, 0.3) is 0 Å².